The molecule has 1 N–H and O–H groups in total. The SMILES string of the molecule is CCC1C2CNCC2CN1c1cc(F)c(Cl)cc1[N+](=O)[O-]. The number of nitro benzene ring substituents is 1. The topological polar surface area (TPSA) is 58.4 Å². The zero-order valence-electron chi connectivity index (χ0n) is 11.7. The molecule has 0 bridgehead atoms. The Morgan fingerprint density at radius 1 is 1.52 bits per heavy atom. The molecule has 2 fully saturated rings. The zero-order valence-corrected chi connectivity index (χ0v) is 12.4. The molecule has 3 unspecified atom stereocenters. The summed E-state index contributed by atoms with van der Waals surface area (Å²) in [6, 6.07) is 2.52. The van der Waals surface area contributed by atoms with Crippen molar-refractivity contribution in [2.75, 3.05) is 24.5 Å². The summed E-state index contributed by atoms with van der Waals surface area (Å²) in [6.45, 7) is 4.62. The predicted octanol–water partition coefficient (Wildman–Crippen LogP) is 2.82. The summed E-state index contributed by atoms with van der Waals surface area (Å²) >= 11 is 5.69. The molecular formula is C14H17ClFN3O2. The van der Waals surface area contributed by atoms with Crippen molar-refractivity contribution in [2.45, 2.75) is 19.4 Å². The fraction of sp³-hybridized carbons (Fsp3) is 0.571. The molecule has 21 heavy (non-hydrogen) atoms. The third-order valence-electron chi connectivity index (χ3n) is 4.66. The number of rotatable bonds is 3. The standard InChI is InChI=1S/C14H17ClFN3O2/c1-2-12-9-6-17-5-8(9)7-18(12)13-4-11(16)10(15)3-14(13)19(20)21/h3-4,8-9,12,17H,2,5-7H2,1H3. The van der Waals surface area contributed by atoms with Crippen LogP contribution < -0.4 is 10.2 Å². The van der Waals surface area contributed by atoms with Gasteiger partial charge in [0.15, 0.2) is 0 Å². The maximum absolute atomic E-state index is 13.8. The van der Waals surface area contributed by atoms with Gasteiger partial charge in [-0.05, 0) is 18.3 Å². The van der Waals surface area contributed by atoms with Gasteiger partial charge in [0.1, 0.15) is 11.5 Å². The number of fused-ring (bicyclic) bond motifs is 1. The molecule has 0 amide bonds. The van der Waals surface area contributed by atoms with Crippen molar-refractivity contribution < 1.29 is 9.31 Å². The number of nitrogens with one attached hydrogen (secondary N) is 1. The largest absolute Gasteiger partial charge is 0.362 e. The first-order valence-electron chi connectivity index (χ1n) is 7.13. The quantitative estimate of drug-likeness (QED) is 0.688. The molecule has 0 radical (unpaired) electrons. The van der Waals surface area contributed by atoms with Crippen molar-refractivity contribution in [3.63, 3.8) is 0 Å². The van der Waals surface area contributed by atoms with Gasteiger partial charge in [0.25, 0.3) is 5.69 Å². The van der Waals surface area contributed by atoms with Crippen LogP contribution in [0.3, 0.4) is 0 Å². The van der Waals surface area contributed by atoms with Gasteiger partial charge in [-0.15, -0.1) is 0 Å². The van der Waals surface area contributed by atoms with E-state index >= 15 is 0 Å². The highest BCUT2D eigenvalue weighted by Crippen LogP contribution is 2.42. The molecule has 2 saturated heterocycles. The van der Waals surface area contributed by atoms with Crippen LogP contribution in [0, 0.1) is 27.8 Å². The first-order chi connectivity index (χ1) is 10.0. The van der Waals surface area contributed by atoms with Gasteiger partial charge in [-0.2, -0.15) is 0 Å². The second-order valence-electron chi connectivity index (χ2n) is 5.72. The van der Waals surface area contributed by atoms with Crippen molar-refractivity contribution in [2.24, 2.45) is 11.8 Å². The molecule has 1 aromatic rings. The summed E-state index contributed by atoms with van der Waals surface area (Å²) in [7, 11) is 0. The first-order valence-corrected chi connectivity index (χ1v) is 7.51. The highest BCUT2D eigenvalue weighted by atomic mass is 35.5. The Labute approximate surface area is 127 Å². The number of anilines is 1. The van der Waals surface area contributed by atoms with Gasteiger partial charge in [-0.3, -0.25) is 10.1 Å². The lowest BCUT2D eigenvalue weighted by atomic mass is 9.93. The van der Waals surface area contributed by atoms with Crippen LogP contribution in [0.1, 0.15) is 13.3 Å². The molecule has 0 aliphatic carbocycles. The van der Waals surface area contributed by atoms with E-state index in [1.165, 1.54) is 6.07 Å². The van der Waals surface area contributed by atoms with E-state index in [0.717, 1.165) is 32.1 Å². The van der Waals surface area contributed by atoms with Crippen LogP contribution >= 0.6 is 11.6 Å². The minimum atomic E-state index is -0.609. The summed E-state index contributed by atoms with van der Waals surface area (Å²) in [5.74, 6) is 0.323. The van der Waals surface area contributed by atoms with E-state index in [1.807, 2.05) is 4.90 Å². The average molecular weight is 314 g/mol. The second kappa shape index (κ2) is 5.42. The van der Waals surface area contributed by atoms with Gasteiger partial charge in [0, 0.05) is 37.8 Å². The Bertz CT molecular complexity index is 584. The fourth-order valence-electron chi connectivity index (χ4n) is 3.73. The minimum absolute atomic E-state index is 0.118. The maximum Gasteiger partial charge on any atom is 0.294 e. The molecule has 2 aliphatic rings. The first kappa shape index (κ1) is 14.5. The smallest absolute Gasteiger partial charge is 0.294 e. The normalized spacial score (nSPS) is 28.0. The molecule has 3 rings (SSSR count). The molecule has 2 heterocycles. The number of nitro groups is 1. The van der Waals surface area contributed by atoms with Crippen LogP contribution in [0.2, 0.25) is 5.02 Å². The highest BCUT2D eigenvalue weighted by molar-refractivity contribution is 6.31. The predicted molar refractivity (Wildman–Crippen MR) is 79.3 cm³/mol. The van der Waals surface area contributed by atoms with Crippen molar-refractivity contribution in [1.29, 1.82) is 0 Å². The van der Waals surface area contributed by atoms with Gasteiger partial charge in [0.2, 0.25) is 0 Å². The number of benzene rings is 1. The molecule has 0 aromatic heterocycles. The Morgan fingerprint density at radius 3 is 2.95 bits per heavy atom. The monoisotopic (exact) mass is 313 g/mol. The molecule has 0 saturated carbocycles. The Balaban J connectivity index is 2.03. The van der Waals surface area contributed by atoms with Gasteiger partial charge < -0.3 is 10.2 Å². The van der Waals surface area contributed by atoms with Gasteiger partial charge in [0.05, 0.1) is 9.95 Å². The van der Waals surface area contributed by atoms with E-state index in [1.54, 1.807) is 0 Å². The van der Waals surface area contributed by atoms with E-state index in [-0.39, 0.29) is 16.8 Å². The summed E-state index contributed by atoms with van der Waals surface area (Å²) in [5, 5.41) is 14.4. The Hall–Kier alpha value is -1.40. The lowest BCUT2D eigenvalue weighted by Crippen LogP contribution is -2.35. The maximum atomic E-state index is 13.8. The molecule has 5 nitrogen and oxygen atoms in total. The Kier molecular flexibility index (Phi) is 3.75. The molecule has 114 valence electrons. The highest BCUT2D eigenvalue weighted by Gasteiger charge is 2.44. The molecule has 2 aliphatic heterocycles. The van der Waals surface area contributed by atoms with E-state index < -0.39 is 10.7 Å². The van der Waals surface area contributed by atoms with Gasteiger partial charge in [-0.1, -0.05) is 18.5 Å². The summed E-state index contributed by atoms with van der Waals surface area (Å²) in [6.07, 6.45) is 0.879. The van der Waals surface area contributed by atoms with E-state index in [2.05, 4.69) is 12.2 Å². The van der Waals surface area contributed by atoms with Crippen molar-refractivity contribution in [3.8, 4) is 0 Å². The molecule has 1 aromatic carbocycles. The summed E-state index contributed by atoms with van der Waals surface area (Å²) in [5.41, 5.74) is 0.232. The van der Waals surface area contributed by atoms with Crippen LogP contribution in [0.15, 0.2) is 12.1 Å². The van der Waals surface area contributed by atoms with Crippen molar-refractivity contribution in [1.82, 2.24) is 5.32 Å². The number of hydrogen-bond donors (Lipinski definition) is 1. The molecule has 7 heteroatoms. The molecule has 0 spiro atoms. The van der Waals surface area contributed by atoms with Crippen LogP contribution in [0.25, 0.3) is 0 Å². The van der Waals surface area contributed by atoms with Crippen molar-refractivity contribution >= 4 is 23.0 Å². The van der Waals surface area contributed by atoms with Gasteiger partial charge >= 0.3 is 0 Å². The van der Waals surface area contributed by atoms with E-state index in [4.69, 9.17) is 11.6 Å². The number of nitrogens with zero attached hydrogens (tertiary/aromatic N) is 2. The van der Waals surface area contributed by atoms with Crippen LogP contribution in [-0.4, -0.2) is 30.6 Å². The minimum Gasteiger partial charge on any atom is -0.362 e. The molecular weight excluding hydrogens is 297 g/mol. The number of halogens is 2. The fourth-order valence-corrected chi connectivity index (χ4v) is 3.88. The molecule has 3 atom stereocenters. The summed E-state index contributed by atoms with van der Waals surface area (Å²) < 4.78 is 13.8. The van der Waals surface area contributed by atoms with Crippen LogP contribution in [0.4, 0.5) is 15.8 Å². The summed E-state index contributed by atoms with van der Waals surface area (Å²) in [4.78, 5) is 12.8. The number of hydrogen-bond acceptors (Lipinski definition) is 4. The van der Waals surface area contributed by atoms with Gasteiger partial charge in [-0.25, -0.2) is 4.39 Å². The lowest BCUT2D eigenvalue weighted by molar-refractivity contribution is -0.384. The average Bonchev–Trinajstić information content (AvgIpc) is 3.00. The third kappa shape index (κ3) is 2.36. The second-order valence-corrected chi connectivity index (χ2v) is 6.13. The third-order valence-corrected chi connectivity index (χ3v) is 4.95. The zero-order chi connectivity index (χ0) is 15.1. The lowest BCUT2D eigenvalue weighted by Gasteiger charge is -2.28. The van der Waals surface area contributed by atoms with Crippen LogP contribution in [0.5, 0.6) is 0 Å². The van der Waals surface area contributed by atoms with E-state index in [0.29, 0.717) is 17.5 Å². The van der Waals surface area contributed by atoms with Crippen LogP contribution in [-0.2, 0) is 0 Å². The Morgan fingerprint density at radius 2 is 2.29 bits per heavy atom. The van der Waals surface area contributed by atoms with E-state index in [9.17, 15) is 14.5 Å². The van der Waals surface area contributed by atoms with Crippen molar-refractivity contribution in [3.05, 3.63) is 33.1 Å².